The fraction of sp³-hybridized carbons (Fsp3) is 0.267. The summed E-state index contributed by atoms with van der Waals surface area (Å²) in [5.74, 6) is -0.262. The Kier molecular flexibility index (Phi) is 4.71. The zero-order valence-corrected chi connectivity index (χ0v) is 11.9. The summed E-state index contributed by atoms with van der Waals surface area (Å²) in [5, 5.41) is 6.60. The van der Waals surface area contributed by atoms with Crippen LogP contribution in [0.3, 0.4) is 0 Å². The van der Waals surface area contributed by atoms with Gasteiger partial charge in [-0.3, -0.25) is 9.59 Å². The fourth-order valence-corrected chi connectivity index (χ4v) is 1.90. The number of hydrogen-bond acceptors (Lipinski definition) is 5. The molecule has 0 aliphatic rings. The number of nitrogens with one attached hydrogen (secondary N) is 1. The lowest BCUT2D eigenvalue weighted by Crippen LogP contribution is -2.27. The van der Waals surface area contributed by atoms with Gasteiger partial charge in [-0.15, -0.1) is 0 Å². The average Bonchev–Trinajstić information content (AvgIpc) is 2.89. The Morgan fingerprint density at radius 3 is 2.67 bits per heavy atom. The summed E-state index contributed by atoms with van der Waals surface area (Å²) in [7, 11) is 1.31. The van der Waals surface area contributed by atoms with Crippen LogP contribution < -0.4 is 5.32 Å². The number of hydrogen-bond donors (Lipinski definition) is 1. The number of aromatic nitrogens is 1. The van der Waals surface area contributed by atoms with Crippen molar-refractivity contribution in [3.8, 4) is 11.3 Å². The van der Waals surface area contributed by atoms with Crippen molar-refractivity contribution in [1.29, 1.82) is 0 Å². The number of carbonyl (C=O) groups excluding carboxylic acids is 2. The highest BCUT2D eigenvalue weighted by molar-refractivity contribution is 6.00. The first kappa shape index (κ1) is 14.8. The first-order valence-corrected chi connectivity index (χ1v) is 6.50. The molecule has 1 heterocycles. The van der Waals surface area contributed by atoms with E-state index in [0.717, 1.165) is 5.56 Å². The molecule has 0 aliphatic heterocycles. The van der Waals surface area contributed by atoms with E-state index in [1.165, 1.54) is 7.11 Å². The lowest BCUT2D eigenvalue weighted by atomic mass is 10.1. The Bertz CT molecular complexity index is 634. The van der Waals surface area contributed by atoms with E-state index < -0.39 is 0 Å². The number of esters is 1. The van der Waals surface area contributed by atoms with Crippen LogP contribution in [0, 0.1) is 6.92 Å². The van der Waals surface area contributed by atoms with Gasteiger partial charge in [-0.2, -0.15) is 0 Å². The third-order valence-corrected chi connectivity index (χ3v) is 2.98. The van der Waals surface area contributed by atoms with Crippen LogP contribution in [0.1, 0.15) is 22.5 Å². The molecule has 1 amide bonds. The largest absolute Gasteiger partial charge is 0.469 e. The van der Waals surface area contributed by atoms with Gasteiger partial charge in [0.05, 0.1) is 13.5 Å². The third kappa shape index (κ3) is 3.47. The molecular formula is C15H16N2O4. The van der Waals surface area contributed by atoms with E-state index in [0.29, 0.717) is 17.0 Å². The van der Waals surface area contributed by atoms with Crippen LogP contribution in [0.4, 0.5) is 0 Å². The van der Waals surface area contributed by atoms with Crippen molar-refractivity contribution in [3.63, 3.8) is 0 Å². The van der Waals surface area contributed by atoms with Gasteiger partial charge in [0.2, 0.25) is 0 Å². The van der Waals surface area contributed by atoms with E-state index in [1.807, 2.05) is 30.3 Å². The molecular weight excluding hydrogens is 272 g/mol. The fourth-order valence-electron chi connectivity index (χ4n) is 1.90. The molecule has 6 heteroatoms. The topological polar surface area (TPSA) is 81.4 Å². The second kappa shape index (κ2) is 6.69. The molecule has 0 saturated carbocycles. The van der Waals surface area contributed by atoms with Crippen LogP contribution in [-0.4, -0.2) is 30.7 Å². The molecule has 0 bridgehead atoms. The van der Waals surface area contributed by atoms with E-state index in [2.05, 4.69) is 15.2 Å². The van der Waals surface area contributed by atoms with Crippen LogP contribution in [-0.2, 0) is 9.53 Å². The second-order valence-corrected chi connectivity index (χ2v) is 4.41. The number of benzene rings is 1. The highest BCUT2D eigenvalue weighted by Crippen LogP contribution is 2.24. The summed E-state index contributed by atoms with van der Waals surface area (Å²) in [6.45, 7) is 1.87. The number of amides is 1. The molecule has 1 aromatic carbocycles. The lowest BCUT2D eigenvalue weighted by molar-refractivity contribution is -0.140. The normalized spacial score (nSPS) is 10.2. The number of nitrogens with zero attached hydrogens (tertiary/aromatic N) is 1. The molecule has 0 unspecified atom stereocenters. The zero-order valence-electron chi connectivity index (χ0n) is 11.9. The molecule has 0 radical (unpaired) electrons. The Morgan fingerprint density at radius 1 is 1.29 bits per heavy atom. The van der Waals surface area contributed by atoms with Crippen LogP contribution in [0.5, 0.6) is 0 Å². The Morgan fingerprint density at radius 2 is 2.00 bits per heavy atom. The van der Waals surface area contributed by atoms with Gasteiger partial charge < -0.3 is 14.6 Å². The van der Waals surface area contributed by atoms with E-state index in [4.69, 9.17) is 4.52 Å². The van der Waals surface area contributed by atoms with Gasteiger partial charge >= 0.3 is 5.97 Å². The molecule has 0 saturated heterocycles. The summed E-state index contributed by atoms with van der Waals surface area (Å²) < 4.78 is 9.64. The van der Waals surface area contributed by atoms with Gasteiger partial charge in [-0.1, -0.05) is 35.5 Å². The van der Waals surface area contributed by atoms with E-state index >= 15 is 0 Å². The number of ether oxygens (including phenoxy) is 1. The van der Waals surface area contributed by atoms with Crippen LogP contribution >= 0.6 is 0 Å². The predicted octanol–water partition coefficient (Wildman–Crippen LogP) is 1.94. The molecule has 1 N–H and O–H groups in total. The minimum absolute atomic E-state index is 0.118. The molecule has 21 heavy (non-hydrogen) atoms. The summed E-state index contributed by atoms with van der Waals surface area (Å²) >= 11 is 0. The lowest BCUT2D eigenvalue weighted by Gasteiger charge is -2.05. The first-order chi connectivity index (χ1) is 10.1. The van der Waals surface area contributed by atoms with E-state index in [1.54, 1.807) is 6.92 Å². The minimum atomic E-state index is -0.374. The summed E-state index contributed by atoms with van der Waals surface area (Å²) in [4.78, 5) is 23.3. The Balaban J connectivity index is 2.14. The van der Waals surface area contributed by atoms with Crippen LogP contribution in [0.25, 0.3) is 11.3 Å². The maximum absolute atomic E-state index is 12.2. The molecule has 2 aromatic rings. The van der Waals surface area contributed by atoms with Gasteiger partial charge in [-0.05, 0) is 6.92 Å². The van der Waals surface area contributed by atoms with E-state index in [-0.39, 0.29) is 24.8 Å². The Labute approximate surface area is 122 Å². The third-order valence-electron chi connectivity index (χ3n) is 2.98. The highest BCUT2D eigenvalue weighted by Gasteiger charge is 2.21. The average molecular weight is 288 g/mol. The summed E-state index contributed by atoms with van der Waals surface area (Å²) in [6.07, 6.45) is 0.118. The molecule has 110 valence electrons. The van der Waals surface area contributed by atoms with Gasteiger partial charge in [0, 0.05) is 12.1 Å². The maximum atomic E-state index is 12.2. The van der Waals surface area contributed by atoms with Crippen molar-refractivity contribution in [2.24, 2.45) is 0 Å². The number of methoxy groups -OCH3 is 1. The molecule has 0 aliphatic carbocycles. The molecule has 0 atom stereocenters. The summed E-state index contributed by atoms with van der Waals surface area (Å²) in [5.41, 5.74) is 1.67. The Hall–Kier alpha value is -2.63. The quantitative estimate of drug-likeness (QED) is 0.850. The minimum Gasteiger partial charge on any atom is -0.469 e. The smallest absolute Gasteiger partial charge is 0.307 e. The van der Waals surface area contributed by atoms with Gasteiger partial charge in [0.25, 0.3) is 5.91 Å². The first-order valence-electron chi connectivity index (χ1n) is 6.50. The standard InChI is InChI=1S/C15H16N2O4/c1-10-13(15(19)16-9-8-12(18)20-2)14(17-21-10)11-6-4-3-5-7-11/h3-7H,8-9H2,1-2H3,(H,16,19). The van der Waals surface area contributed by atoms with Gasteiger partial charge in [0.15, 0.2) is 0 Å². The number of carbonyl (C=O) groups is 2. The molecule has 0 spiro atoms. The van der Waals surface area contributed by atoms with E-state index in [9.17, 15) is 9.59 Å². The van der Waals surface area contributed by atoms with Crippen molar-refractivity contribution >= 4 is 11.9 Å². The van der Waals surface area contributed by atoms with Crippen molar-refractivity contribution in [3.05, 3.63) is 41.7 Å². The molecule has 1 aromatic heterocycles. The highest BCUT2D eigenvalue weighted by atomic mass is 16.5. The number of aryl methyl sites for hydroxylation is 1. The van der Waals surface area contributed by atoms with Crippen LogP contribution in [0.2, 0.25) is 0 Å². The van der Waals surface area contributed by atoms with Crippen LogP contribution in [0.15, 0.2) is 34.9 Å². The van der Waals surface area contributed by atoms with Gasteiger partial charge in [0.1, 0.15) is 17.0 Å². The molecule has 0 fully saturated rings. The van der Waals surface area contributed by atoms with Gasteiger partial charge in [-0.25, -0.2) is 0 Å². The summed E-state index contributed by atoms with van der Waals surface area (Å²) in [6, 6.07) is 9.30. The van der Waals surface area contributed by atoms with Crippen molar-refractivity contribution in [1.82, 2.24) is 10.5 Å². The van der Waals surface area contributed by atoms with Crippen molar-refractivity contribution in [2.45, 2.75) is 13.3 Å². The molecule has 6 nitrogen and oxygen atoms in total. The zero-order chi connectivity index (χ0) is 15.2. The van der Waals surface area contributed by atoms with Crippen molar-refractivity contribution < 1.29 is 18.8 Å². The maximum Gasteiger partial charge on any atom is 0.307 e. The SMILES string of the molecule is COC(=O)CCNC(=O)c1c(-c2ccccc2)noc1C. The molecule has 2 rings (SSSR count). The van der Waals surface area contributed by atoms with Crippen molar-refractivity contribution in [2.75, 3.05) is 13.7 Å². The predicted molar refractivity (Wildman–Crippen MR) is 75.6 cm³/mol. The number of rotatable bonds is 5. The monoisotopic (exact) mass is 288 g/mol. The second-order valence-electron chi connectivity index (χ2n) is 4.41.